The number of hydrogen-bond donors (Lipinski definition) is 3. The maximum atomic E-state index is 13.8. The number of aliphatic hydroxyl groups excluding tert-OH is 1. The van der Waals surface area contributed by atoms with Crippen molar-refractivity contribution in [3.63, 3.8) is 0 Å². The molecule has 3 heterocycles. The number of hydrogen-bond acceptors (Lipinski definition) is 5. The second-order valence-electron chi connectivity index (χ2n) is 12.2. The minimum atomic E-state index is -1.02. The summed E-state index contributed by atoms with van der Waals surface area (Å²) >= 11 is 0. The third kappa shape index (κ3) is 4.65. The van der Waals surface area contributed by atoms with Crippen molar-refractivity contribution in [1.29, 1.82) is 0 Å². The highest BCUT2D eigenvalue weighted by molar-refractivity contribution is 5.99. The maximum Gasteiger partial charge on any atom is 0.246 e. The lowest BCUT2D eigenvalue weighted by Gasteiger charge is -2.38. The van der Waals surface area contributed by atoms with Crippen LogP contribution in [0.4, 0.5) is 0 Å². The first-order valence-electron chi connectivity index (χ1n) is 12.4. The van der Waals surface area contributed by atoms with Crippen LogP contribution in [0.3, 0.4) is 0 Å². The molecule has 0 radical (unpaired) electrons. The van der Waals surface area contributed by atoms with Crippen molar-refractivity contribution in [3.8, 4) is 0 Å². The number of likely N-dealkylation sites (tertiary alicyclic amines) is 1. The molecule has 3 aliphatic heterocycles. The average molecular weight is 466 g/mol. The van der Waals surface area contributed by atoms with Crippen molar-refractivity contribution >= 4 is 17.7 Å². The average Bonchev–Trinajstić information content (AvgIpc) is 3.23. The van der Waals surface area contributed by atoms with Gasteiger partial charge in [0.2, 0.25) is 17.7 Å². The first kappa shape index (κ1) is 25.9. The van der Waals surface area contributed by atoms with Gasteiger partial charge < -0.3 is 25.4 Å². The van der Waals surface area contributed by atoms with E-state index in [1.165, 1.54) is 0 Å². The molecule has 0 aliphatic carbocycles. The standard InChI is InChI=1S/C25H43N3O5/c1-8-12-26-19(30)16-17-21(32)28(13-9-14-29)18(25(17)11-10-24(16,7)33-25)20(31)27-23(5,6)15-22(2,3)4/h16-18,29H,8-15H2,1-7H3,(H,26,30)(H,27,31)/t16-,17+,18?,24+,25?/m1/s1. The van der Waals surface area contributed by atoms with Crippen molar-refractivity contribution in [2.45, 2.75) is 103 Å². The first-order valence-corrected chi connectivity index (χ1v) is 12.4. The smallest absolute Gasteiger partial charge is 0.246 e. The monoisotopic (exact) mass is 465 g/mol. The van der Waals surface area contributed by atoms with Crippen molar-refractivity contribution in [1.82, 2.24) is 15.5 Å². The number of carbonyl (C=O) groups excluding carboxylic acids is 3. The molecule has 0 aromatic carbocycles. The van der Waals surface area contributed by atoms with E-state index in [4.69, 9.17) is 4.74 Å². The number of carbonyl (C=O) groups is 3. The van der Waals surface area contributed by atoms with E-state index in [9.17, 15) is 19.5 Å². The van der Waals surface area contributed by atoms with Crippen LogP contribution in [0.25, 0.3) is 0 Å². The largest absolute Gasteiger partial charge is 0.396 e. The molecule has 0 saturated carbocycles. The molecule has 8 heteroatoms. The molecule has 3 aliphatic rings. The van der Waals surface area contributed by atoms with Crippen molar-refractivity contribution < 1.29 is 24.2 Å². The van der Waals surface area contributed by atoms with E-state index in [2.05, 4.69) is 31.4 Å². The predicted octanol–water partition coefficient (Wildman–Crippen LogP) is 1.99. The molecule has 2 bridgehead atoms. The van der Waals surface area contributed by atoms with E-state index in [1.807, 2.05) is 27.7 Å². The fourth-order valence-electron chi connectivity index (χ4n) is 6.74. The van der Waals surface area contributed by atoms with Crippen molar-refractivity contribution in [2.75, 3.05) is 19.7 Å². The van der Waals surface area contributed by atoms with Gasteiger partial charge in [-0.15, -0.1) is 0 Å². The summed E-state index contributed by atoms with van der Waals surface area (Å²) in [7, 11) is 0. The molecule has 0 aromatic rings. The Hall–Kier alpha value is -1.67. The van der Waals surface area contributed by atoms with Crippen LogP contribution in [0.5, 0.6) is 0 Å². The zero-order valence-electron chi connectivity index (χ0n) is 21.4. The van der Waals surface area contributed by atoms with Crippen molar-refractivity contribution in [3.05, 3.63) is 0 Å². The van der Waals surface area contributed by atoms with Crippen LogP contribution in [0.2, 0.25) is 0 Å². The fourth-order valence-corrected chi connectivity index (χ4v) is 6.74. The Labute approximate surface area is 198 Å². The van der Waals surface area contributed by atoms with E-state index >= 15 is 0 Å². The number of nitrogens with one attached hydrogen (secondary N) is 2. The number of amides is 3. The third-order valence-corrected chi connectivity index (χ3v) is 7.35. The van der Waals surface area contributed by atoms with Gasteiger partial charge in [-0.1, -0.05) is 27.7 Å². The van der Waals surface area contributed by atoms with E-state index in [1.54, 1.807) is 4.90 Å². The lowest BCUT2D eigenvalue weighted by Crippen LogP contribution is -2.59. The van der Waals surface area contributed by atoms with Crippen LogP contribution in [0.1, 0.15) is 80.6 Å². The van der Waals surface area contributed by atoms with Crippen molar-refractivity contribution in [2.24, 2.45) is 17.3 Å². The quantitative estimate of drug-likeness (QED) is 0.483. The van der Waals surface area contributed by atoms with Gasteiger partial charge in [-0.3, -0.25) is 14.4 Å². The Morgan fingerprint density at radius 2 is 1.85 bits per heavy atom. The van der Waals surface area contributed by atoms with Gasteiger partial charge in [0, 0.05) is 25.2 Å². The van der Waals surface area contributed by atoms with Gasteiger partial charge in [0.05, 0.1) is 17.4 Å². The Kier molecular flexibility index (Phi) is 6.95. The molecule has 3 rings (SSSR count). The Balaban J connectivity index is 1.96. The normalized spacial score (nSPS) is 33.4. The summed E-state index contributed by atoms with van der Waals surface area (Å²) in [4.78, 5) is 42.2. The summed E-state index contributed by atoms with van der Waals surface area (Å²) in [6.45, 7) is 15.0. The highest BCUT2D eigenvalue weighted by Gasteiger charge is 2.77. The topological polar surface area (TPSA) is 108 Å². The summed E-state index contributed by atoms with van der Waals surface area (Å²) < 4.78 is 6.57. The number of nitrogens with zero attached hydrogens (tertiary/aromatic N) is 1. The van der Waals surface area contributed by atoms with Gasteiger partial charge in [-0.25, -0.2) is 0 Å². The van der Waals surface area contributed by atoms with Crippen LogP contribution < -0.4 is 10.6 Å². The van der Waals surface area contributed by atoms with E-state index in [0.29, 0.717) is 25.8 Å². The molecule has 33 heavy (non-hydrogen) atoms. The van der Waals surface area contributed by atoms with E-state index in [-0.39, 0.29) is 36.3 Å². The molecule has 3 fully saturated rings. The maximum absolute atomic E-state index is 13.8. The van der Waals surface area contributed by atoms with Crippen LogP contribution in [0, 0.1) is 17.3 Å². The molecule has 3 N–H and O–H groups in total. The molecular weight excluding hydrogens is 422 g/mol. The Bertz CT molecular complexity index is 791. The zero-order chi connectivity index (χ0) is 24.8. The second kappa shape index (κ2) is 8.84. The van der Waals surface area contributed by atoms with E-state index in [0.717, 1.165) is 12.8 Å². The minimum Gasteiger partial charge on any atom is -0.396 e. The summed E-state index contributed by atoms with van der Waals surface area (Å²) in [5, 5.41) is 15.6. The van der Waals surface area contributed by atoms with Crippen LogP contribution in [0.15, 0.2) is 0 Å². The highest BCUT2D eigenvalue weighted by Crippen LogP contribution is 2.63. The summed E-state index contributed by atoms with van der Waals surface area (Å²) in [5.41, 5.74) is -2.25. The molecule has 0 aromatic heterocycles. The molecular formula is C25H43N3O5. The minimum absolute atomic E-state index is 0.0118. The van der Waals surface area contributed by atoms with Crippen LogP contribution >= 0.6 is 0 Å². The molecule has 188 valence electrons. The molecule has 1 spiro atoms. The first-order chi connectivity index (χ1) is 15.2. The number of aliphatic hydroxyl groups is 1. The molecule has 8 nitrogen and oxygen atoms in total. The van der Waals surface area contributed by atoms with Crippen LogP contribution in [-0.4, -0.2) is 70.2 Å². The van der Waals surface area contributed by atoms with Gasteiger partial charge in [0.15, 0.2) is 0 Å². The fraction of sp³-hybridized carbons (Fsp3) is 0.880. The summed E-state index contributed by atoms with van der Waals surface area (Å²) in [5.74, 6) is -1.93. The van der Waals surface area contributed by atoms with Gasteiger partial charge in [-0.05, 0) is 58.3 Å². The summed E-state index contributed by atoms with van der Waals surface area (Å²) in [6, 6.07) is -0.813. The predicted molar refractivity (Wildman–Crippen MR) is 125 cm³/mol. The van der Waals surface area contributed by atoms with Gasteiger partial charge in [0.25, 0.3) is 0 Å². The Morgan fingerprint density at radius 3 is 2.42 bits per heavy atom. The number of rotatable bonds is 9. The summed E-state index contributed by atoms with van der Waals surface area (Å²) in [6.07, 6.45) is 3.12. The zero-order valence-corrected chi connectivity index (χ0v) is 21.4. The molecule has 5 atom stereocenters. The van der Waals surface area contributed by atoms with Gasteiger partial charge >= 0.3 is 0 Å². The van der Waals surface area contributed by atoms with Gasteiger partial charge in [-0.2, -0.15) is 0 Å². The lowest BCUT2D eigenvalue weighted by atomic mass is 9.66. The lowest BCUT2D eigenvalue weighted by molar-refractivity contribution is -0.147. The highest BCUT2D eigenvalue weighted by atomic mass is 16.5. The SMILES string of the molecule is CCCNC(=O)[C@H]1[C@H]2C(=O)N(CCCO)C(C(=O)NC(C)(C)CC(C)(C)C)C23CC[C@]1(C)O3. The van der Waals surface area contributed by atoms with Crippen LogP contribution in [-0.2, 0) is 19.1 Å². The number of ether oxygens (including phenoxy) is 1. The molecule has 3 amide bonds. The van der Waals surface area contributed by atoms with E-state index < -0.39 is 34.6 Å². The third-order valence-electron chi connectivity index (χ3n) is 7.35. The molecule has 3 saturated heterocycles. The van der Waals surface area contributed by atoms with Gasteiger partial charge in [0.1, 0.15) is 11.6 Å². The second-order valence-corrected chi connectivity index (χ2v) is 12.2. The molecule has 2 unspecified atom stereocenters. The Morgan fingerprint density at radius 1 is 1.18 bits per heavy atom. The number of fused-ring (bicyclic) bond motifs is 1.